The average Bonchev–Trinajstić information content (AvgIpc) is 2.44. The highest BCUT2D eigenvalue weighted by atomic mass is 35.5. The molecule has 0 bridgehead atoms. The number of methoxy groups -OCH3 is 1. The first kappa shape index (κ1) is 17.6. The molecule has 128 valence electrons. The lowest BCUT2D eigenvalue weighted by molar-refractivity contribution is 0.0158. The van der Waals surface area contributed by atoms with Gasteiger partial charge in [-0.15, -0.1) is 0 Å². The third-order valence-corrected chi connectivity index (χ3v) is 3.62. The Hall–Kier alpha value is -1.76. The number of carbonyl (C=O) groups is 1. The van der Waals surface area contributed by atoms with Gasteiger partial charge in [-0.25, -0.2) is 4.79 Å². The molecule has 0 aliphatic carbocycles. The Balaban J connectivity index is 2.06. The molecule has 0 saturated carbocycles. The van der Waals surface area contributed by atoms with Gasteiger partial charge in [0, 0.05) is 31.7 Å². The Labute approximate surface area is 141 Å². The molecule has 1 amide bonds. The number of piperazine rings is 1. The van der Waals surface area contributed by atoms with E-state index in [1.54, 1.807) is 11.0 Å². The van der Waals surface area contributed by atoms with E-state index in [9.17, 15) is 4.79 Å². The Kier molecular flexibility index (Phi) is 5.19. The largest absolute Gasteiger partial charge is 0.467 e. The molecule has 7 nitrogen and oxygen atoms in total. The number of nitrogens with zero attached hydrogens (tertiary/aromatic N) is 4. The highest BCUT2D eigenvalue weighted by Gasteiger charge is 2.31. The summed E-state index contributed by atoms with van der Waals surface area (Å²) in [6.07, 6.45) is -0.289. The van der Waals surface area contributed by atoms with Gasteiger partial charge in [0.1, 0.15) is 16.6 Å². The molecule has 0 spiro atoms. The van der Waals surface area contributed by atoms with Gasteiger partial charge >= 0.3 is 12.1 Å². The van der Waals surface area contributed by atoms with Gasteiger partial charge in [-0.05, 0) is 27.7 Å². The minimum absolute atomic E-state index is 0.00154. The van der Waals surface area contributed by atoms with Gasteiger partial charge < -0.3 is 19.3 Å². The van der Waals surface area contributed by atoms with Crippen LogP contribution in [0.2, 0.25) is 5.15 Å². The molecule has 0 N–H and O–H groups in total. The third kappa shape index (κ3) is 4.60. The number of rotatable bonds is 2. The molecule has 1 atom stereocenters. The van der Waals surface area contributed by atoms with Crippen LogP contribution in [-0.2, 0) is 4.74 Å². The zero-order chi connectivity index (χ0) is 17.2. The number of amides is 1. The Morgan fingerprint density at radius 1 is 1.35 bits per heavy atom. The van der Waals surface area contributed by atoms with Crippen molar-refractivity contribution in [1.29, 1.82) is 0 Å². The van der Waals surface area contributed by atoms with Gasteiger partial charge in [-0.3, -0.25) is 0 Å². The van der Waals surface area contributed by atoms with Crippen molar-refractivity contribution in [2.45, 2.75) is 39.3 Å². The fourth-order valence-electron chi connectivity index (χ4n) is 2.40. The predicted molar refractivity (Wildman–Crippen MR) is 88.2 cm³/mol. The van der Waals surface area contributed by atoms with E-state index in [2.05, 4.69) is 14.9 Å². The summed E-state index contributed by atoms with van der Waals surface area (Å²) in [4.78, 5) is 24.3. The summed E-state index contributed by atoms with van der Waals surface area (Å²) in [6, 6.07) is 1.92. The second-order valence-corrected chi connectivity index (χ2v) is 6.89. The van der Waals surface area contributed by atoms with Gasteiger partial charge in [0.05, 0.1) is 7.11 Å². The molecule has 1 fully saturated rings. The van der Waals surface area contributed by atoms with Crippen molar-refractivity contribution < 1.29 is 14.3 Å². The topological polar surface area (TPSA) is 67.8 Å². The van der Waals surface area contributed by atoms with Crippen molar-refractivity contribution >= 4 is 23.5 Å². The number of hydrogen-bond acceptors (Lipinski definition) is 6. The highest BCUT2D eigenvalue weighted by molar-refractivity contribution is 6.29. The number of anilines is 1. The maximum Gasteiger partial charge on any atom is 0.410 e. The first-order chi connectivity index (χ1) is 10.7. The number of ether oxygens (including phenoxy) is 2. The second-order valence-electron chi connectivity index (χ2n) is 6.50. The van der Waals surface area contributed by atoms with Crippen molar-refractivity contribution in [3.63, 3.8) is 0 Å². The summed E-state index contributed by atoms with van der Waals surface area (Å²) in [7, 11) is 1.50. The van der Waals surface area contributed by atoms with Crippen LogP contribution in [-0.4, -0.2) is 59.3 Å². The van der Waals surface area contributed by atoms with E-state index in [0.717, 1.165) is 0 Å². The van der Waals surface area contributed by atoms with Crippen LogP contribution in [0.5, 0.6) is 6.01 Å². The summed E-state index contributed by atoms with van der Waals surface area (Å²) in [5.41, 5.74) is -0.499. The summed E-state index contributed by atoms with van der Waals surface area (Å²) < 4.78 is 10.5. The van der Waals surface area contributed by atoms with Crippen LogP contribution in [0.15, 0.2) is 6.07 Å². The minimum atomic E-state index is -0.499. The van der Waals surface area contributed by atoms with E-state index in [-0.39, 0.29) is 18.1 Å². The molecular weight excluding hydrogens is 320 g/mol. The van der Waals surface area contributed by atoms with Gasteiger partial charge in [0.2, 0.25) is 0 Å². The molecule has 1 unspecified atom stereocenters. The zero-order valence-electron chi connectivity index (χ0n) is 14.2. The third-order valence-electron chi connectivity index (χ3n) is 3.42. The fraction of sp³-hybridized carbons (Fsp3) is 0.667. The van der Waals surface area contributed by atoms with E-state index in [4.69, 9.17) is 21.1 Å². The van der Waals surface area contributed by atoms with Crippen molar-refractivity contribution in [1.82, 2.24) is 14.9 Å². The number of aromatic nitrogens is 2. The van der Waals surface area contributed by atoms with Crippen LogP contribution in [0.1, 0.15) is 27.7 Å². The van der Waals surface area contributed by atoms with Gasteiger partial charge in [0.25, 0.3) is 0 Å². The van der Waals surface area contributed by atoms with Gasteiger partial charge in [-0.1, -0.05) is 11.6 Å². The minimum Gasteiger partial charge on any atom is -0.467 e. The van der Waals surface area contributed by atoms with E-state index < -0.39 is 5.60 Å². The lowest BCUT2D eigenvalue weighted by Crippen LogP contribution is -2.55. The lowest BCUT2D eigenvalue weighted by atomic mass is 10.2. The number of hydrogen-bond donors (Lipinski definition) is 0. The summed E-state index contributed by atoms with van der Waals surface area (Å²) in [5.74, 6) is 0.692. The lowest BCUT2D eigenvalue weighted by Gasteiger charge is -2.40. The van der Waals surface area contributed by atoms with E-state index in [1.165, 1.54) is 7.11 Å². The van der Waals surface area contributed by atoms with E-state index >= 15 is 0 Å². The summed E-state index contributed by atoms with van der Waals surface area (Å²) >= 11 is 5.99. The molecule has 1 aromatic heterocycles. The standard InChI is InChI=1S/C15H23ClN4O3/c1-10-9-19(12-8-11(16)17-13(18-12)22-5)6-7-20(10)14(21)23-15(2,3)4/h8,10H,6-7,9H2,1-5H3. The first-order valence-corrected chi connectivity index (χ1v) is 7.90. The monoisotopic (exact) mass is 342 g/mol. The van der Waals surface area contributed by atoms with Crippen molar-refractivity contribution in [3.8, 4) is 6.01 Å². The quantitative estimate of drug-likeness (QED) is 0.769. The Morgan fingerprint density at radius 3 is 2.61 bits per heavy atom. The van der Waals surface area contributed by atoms with Crippen molar-refractivity contribution in [2.75, 3.05) is 31.6 Å². The summed E-state index contributed by atoms with van der Waals surface area (Å²) in [5, 5.41) is 0.328. The number of carbonyl (C=O) groups excluding carboxylic acids is 1. The zero-order valence-corrected chi connectivity index (χ0v) is 14.9. The van der Waals surface area contributed by atoms with Crippen LogP contribution in [0.3, 0.4) is 0 Å². The molecule has 1 aliphatic rings. The SMILES string of the molecule is COc1nc(Cl)cc(N2CCN(C(=O)OC(C)(C)C)C(C)C2)n1. The second kappa shape index (κ2) is 6.78. The molecule has 2 heterocycles. The van der Waals surface area contributed by atoms with Crippen molar-refractivity contribution in [2.24, 2.45) is 0 Å². The van der Waals surface area contributed by atoms with Crippen LogP contribution < -0.4 is 9.64 Å². The molecule has 1 saturated heterocycles. The van der Waals surface area contributed by atoms with Crippen LogP contribution in [0, 0.1) is 0 Å². The van der Waals surface area contributed by atoms with Gasteiger partial charge in [-0.2, -0.15) is 9.97 Å². The molecule has 0 radical (unpaired) electrons. The smallest absolute Gasteiger partial charge is 0.410 e. The maximum absolute atomic E-state index is 12.2. The summed E-state index contributed by atoms with van der Waals surface area (Å²) in [6.45, 7) is 9.40. The number of halogens is 1. The van der Waals surface area contributed by atoms with E-state index in [1.807, 2.05) is 27.7 Å². The molecule has 23 heavy (non-hydrogen) atoms. The fourth-order valence-corrected chi connectivity index (χ4v) is 2.57. The average molecular weight is 343 g/mol. The normalized spacial score (nSPS) is 18.8. The molecule has 2 rings (SSSR count). The highest BCUT2D eigenvalue weighted by Crippen LogP contribution is 2.23. The molecular formula is C15H23ClN4O3. The maximum atomic E-state index is 12.2. The molecule has 1 aliphatic heterocycles. The van der Waals surface area contributed by atoms with Crippen LogP contribution in [0.25, 0.3) is 0 Å². The molecule has 0 aromatic carbocycles. The van der Waals surface area contributed by atoms with E-state index in [0.29, 0.717) is 30.6 Å². The molecule has 1 aromatic rings. The Bertz CT molecular complexity index is 576. The predicted octanol–water partition coefficient (Wildman–Crippen LogP) is 2.58. The van der Waals surface area contributed by atoms with Crippen LogP contribution >= 0.6 is 11.6 Å². The van der Waals surface area contributed by atoms with Crippen LogP contribution in [0.4, 0.5) is 10.6 Å². The van der Waals surface area contributed by atoms with Crippen molar-refractivity contribution in [3.05, 3.63) is 11.2 Å². The Morgan fingerprint density at radius 2 is 2.04 bits per heavy atom. The first-order valence-electron chi connectivity index (χ1n) is 7.53. The molecule has 8 heteroatoms. The van der Waals surface area contributed by atoms with Gasteiger partial charge in [0.15, 0.2) is 0 Å².